The van der Waals surface area contributed by atoms with Crippen molar-refractivity contribution in [2.45, 2.75) is 30.8 Å². The predicted octanol–water partition coefficient (Wildman–Crippen LogP) is 1.76. The first kappa shape index (κ1) is 19.6. The third-order valence-electron chi connectivity index (χ3n) is 4.95. The molecule has 0 radical (unpaired) electrons. The van der Waals surface area contributed by atoms with E-state index in [1.165, 1.54) is 0 Å². The molecular formula is C20H25N4O2S2+. The Balaban J connectivity index is 1.54. The molecule has 0 spiro atoms. The number of aromatic nitrogens is 3. The lowest BCUT2D eigenvalue weighted by atomic mass is 10.2. The van der Waals surface area contributed by atoms with Crippen molar-refractivity contribution in [2.75, 3.05) is 32.8 Å². The van der Waals surface area contributed by atoms with Crippen LogP contribution in [0, 0.1) is 6.92 Å². The molecule has 1 aromatic carbocycles. The maximum Gasteiger partial charge on any atom is 0.262 e. The van der Waals surface area contributed by atoms with E-state index in [-0.39, 0.29) is 5.56 Å². The predicted molar refractivity (Wildman–Crippen MR) is 113 cm³/mol. The number of morpholine rings is 1. The molecule has 8 heteroatoms. The second kappa shape index (κ2) is 9.17. The van der Waals surface area contributed by atoms with E-state index in [9.17, 15) is 4.79 Å². The highest BCUT2D eigenvalue weighted by atomic mass is 32.2. The summed E-state index contributed by atoms with van der Waals surface area (Å²) < 4.78 is 7.29. The van der Waals surface area contributed by atoms with Gasteiger partial charge in [-0.2, -0.15) is 0 Å². The first-order chi connectivity index (χ1) is 13.7. The zero-order valence-electron chi connectivity index (χ0n) is 16.0. The zero-order valence-corrected chi connectivity index (χ0v) is 17.7. The molecule has 0 bridgehead atoms. The van der Waals surface area contributed by atoms with Gasteiger partial charge in [0.05, 0.1) is 41.4 Å². The van der Waals surface area contributed by atoms with Crippen LogP contribution in [-0.2, 0) is 17.0 Å². The Labute approximate surface area is 172 Å². The fraction of sp³-hybridized carbons (Fsp3) is 0.450. The molecule has 1 aliphatic rings. The van der Waals surface area contributed by atoms with Gasteiger partial charge in [-0.25, -0.2) is 9.97 Å². The highest BCUT2D eigenvalue weighted by molar-refractivity contribution is 7.98. The minimum absolute atomic E-state index is 0.0551. The van der Waals surface area contributed by atoms with Crippen molar-refractivity contribution in [3.05, 3.63) is 50.7 Å². The molecule has 2 aromatic heterocycles. The number of nitrogens with one attached hydrogen (secondary N) is 1. The van der Waals surface area contributed by atoms with Crippen LogP contribution in [0.1, 0.15) is 17.1 Å². The quantitative estimate of drug-likeness (QED) is 0.469. The molecule has 1 N–H and O–H groups in total. The van der Waals surface area contributed by atoms with Crippen LogP contribution in [-0.4, -0.2) is 47.4 Å². The molecule has 4 rings (SSSR count). The highest BCUT2D eigenvalue weighted by Crippen LogP contribution is 2.23. The number of quaternary nitrogens is 1. The number of thiazole rings is 1. The molecule has 3 heterocycles. The van der Waals surface area contributed by atoms with Crippen LogP contribution < -0.4 is 10.5 Å². The van der Waals surface area contributed by atoms with Crippen LogP contribution in [0.5, 0.6) is 0 Å². The van der Waals surface area contributed by atoms with Gasteiger partial charge >= 0.3 is 0 Å². The first-order valence-electron chi connectivity index (χ1n) is 9.65. The summed E-state index contributed by atoms with van der Waals surface area (Å²) in [6.07, 6.45) is 0.957. The first-order valence-corrected chi connectivity index (χ1v) is 11.5. The summed E-state index contributed by atoms with van der Waals surface area (Å²) in [6.45, 7) is 7.53. The van der Waals surface area contributed by atoms with Crippen LogP contribution in [0.15, 0.2) is 39.6 Å². The van der Waals surface area contributed by atoms with Crippen LogP contribution >= 0.6 is 23.1 Å². The van der Waals surface area contributed by atoms with Gasteiger partial charge in [0.1, 0.15) is 13.1 Å². The number of para-hydroxylation sites is 1. The van der Waals surface area contributed by atoms with Gasteiger partial charge in [0.25, 0.3) is 5.56 Å². The number of aryl methyl sites for hydroxylation is 1. The van der Waals surface area contributed by atoms with Crippen LogP contribution in [0.3, 0.4) is 0 Å². The summed E-state index contributed by atoms with van der Waals surface area (Å²) in [6, 6.07) is 7.61. The average Bonchev–Trinajstić information content (AvgIpc) is 3.14. The van der Waals surface area contributed by atoms with Crippen molar-refractivity contribution in [1.29, 1.82) is 0 Å². The van der Waals surface area contributed by atoms with E-state index in [4.69, 9.17) is 9.72 Å². The topological polar surface area (TPSA) is 61.5 Å². The normalized spacial score (nSPS) is 15.3. The Bertz CT molecular complexity index is 995. The van der Waals surface area contributed by atoms with Crippen molar-refractivity contribution in [2.24, 2.45) is 0 Å². The number of hydrogen-bond donors (Lipinski definition) is 1. The molecule has 3 aromatic rings. The van der Waals surface area contributed by atoms with Gasteiger partial charge in [-0.3, -0.25) is 9.36 Å². The molecule has 28 heavy (non-hydrogen) atoms. The van der Waals surface area contributed by atoms with Crippen molar-refractivity contribution < 1.29 is 9.64 Å². The lowest BCUT2D eigenvalue weighted by Gasteiger charge is -2.24. The molecule has 0 atom stereocenters. The van der Waals surface area contributed by atoms with Crippen molar-refractivity contribution >= 4 is 34.0 Å². The Morgan fingerprint density at radius 3 is 2.86 bits per heavy atom. The van der Waals surface area contributed by atoms with E-state index < -0.39 is 0 Å². The molecule has 0 saturated carbocycles. The third kappa shape index (κ3) is 4.63. The Kier molecular flexibility index (Phi) is 6.41. The summed E-state index contributed by atoms with van der Waals surface area (Å²) >= 11 is 3.25. The van der Waals surface area contributed by atoms with Crippen molar-refractivity contribution in [3.8, 4) is 0 Å². The summed E-state index contributed by atoms with van der Waals surface area (Å²) in [4.78, 5) is 24.0. The van der Waals surface area contributed by atoms with Crippen LogP contribution in [0.25, 0.3) is 10.9 Å². The van der Waals surface area contributed by atoms with Crippen LogP contribution in [0.2, 0.25) is 0 Å². The Morgan fingerprint density at radius 1 is 1.25 bits per heavy atom. The zero-order chi connectivity index (χ0) is 19.3. The van der Waals surface area contributed by atoms with E-state index >= 15 is 0 Å². The largest absolute Gasteiger partial charge is 0.370 e. The molecule has 6 nitrogen and oxygen atoms in total. The fourth-order valence-corrected chi connectivity index (χ4v) is 5.10. The second-order valence-electron chi connectivity index (χ2n) is 6.98. The molecule has 0 amide bonds. The molecule has 148 valence electrons. The monoisotopic (exact) mass is 417 g/mol. The number of nitrogens with zero attached hydrogens (tertiary/aromatic N) is 3. The lowest BCUT2D eigenvalue weighted by molar-refractivity contribution is -0.908. The van der Waals surface area contributed by atoms with Gasteiger partial charge in [0.2, 0.25) is 0 Å². The molecule has 1 fully saturated rings. The Morgan fingerprint density at radius 2 is 2.07 bits per heavy atom. The standard InChI is InChI=1S/C20H24N4O2S2/c1-15-21-16(13-27-15)14-28-20-22-18-6-3-2-5-17(18)19(25)24(20)8-4-7-23-9-11-26-12-10-23/h2-3,5-6,13H,4,7-12,14H2,1H3/p+1. The van der Waals surface area contributed by atoms with Gasteiger partial charge in [-0.05, 0) is 19.1 Å². The smallest absolute Gasteiger partial charge is 0.262 e. The molecule has 0 unspecified atom stereocenters. The number of benzene rings is 1. The van der Waals surface area contributed by atoms with Crippen molar-refractivity contribution in [3.63, 3.8) is 0 Å². The number of rotatable bonds is 7. The van der Waals surface area contributed by atoms with Gasteiger partial charge < -0.3 is 9.64 Å². The highest BCUT2D eigenvalue weighted by Gasteiger charge is 2.16. The summed E-state index contributed by atoms with van der Waals surface area (Å²) in [7, 11) is 0. The van der Waals surface area contributed by atoms with E-state index in [0.717, 1.165) is 66.4 Å². The molecule has 0 aliphatic carbocycles. The van der Waals surface area contributed by atoms with Gasteiger partial charge in [-0.1, -0.05) is 23.9 Å². The second-order valence-corrected chi connectivity index (χ2v) is 8.99. The minimum atomic E-state index is 0.0551. The third-order valence-corrected chi connectivity index (χ3v) is 6.79. The molecule has 1 aliphatic heterocycles. The summed E-state index contributed by atoms with van der Waals surface area (Å²) in [5, 5.41) is 4.61. The molecular weight excluding hydrogens is 392 g/mol. The summed E-state index contributed by atoms with van der Waals surface area (Å²) in [5.41, 5.74) is 1.86. The average molecular weight is 418 g/mol. The van der Waals surface area contributed by atoms with Gasteiger partial charge in [0.15, 0.2) is 5.16 Å². The lowest BCUT2D eigenvalue weighted by Crippen LogP contribution is -3.14. The van der Waals surface area contributed by atoms with E-state index in [0.29, 0.717) is 11.9 Å². The maximum absolute atomic E-state index is 13.1. The number of fused-ring (bicyclic) bond motifs is 1. The van der Waals surface area contributed by atoms with Crippen LogP contribution in [0.4, 0.5) is 0 Å². The summed E-state index contributed by atoms with van der Waals surface area (Å²) in [5.74, 6) is 0.726. The number of hydrogen-bond acceptors (Lipinski definition) is 6. The molecule has 1 saturated heterocycles. The number of thioether (sulfide) groups is 1. The van der Waals surface area contributed by atoms with E-state index in [1.807, 2.05) is 35.8 Å². The fourth-order valence-electron chi connectivity index (χ4n) is 3.47. The SMILES string of the molecule is Cc1nc(CSc2nc3ccccc3c(=O)n2CCC[NH+]2CCOCC2)cs1. The minimum Gasteiger partial charge on any atom is -0.370 e. The van der Waals surface area contributed by atoms with E-state index in [1.54, 1.807) is 28.0 Å². The van der Waals surface area contributed by atoms with Gasteiger partial charge in [0, 0.05) is 24.1 Å². The maximum atomic E-state index is 13.1. The van der Waals surface area contributed by atoms with Gasteiger partial charge in [-0.15, -0.1) is 11.3 Å². The number of ether oxygens (including phenoxy) is 1. The van der Waals surface area contributed by atoms with Crippen molar-refractivity contribution in [1.82, 2.24) is 14.5 Å². The van der Waals surface area contributed by atoms with E-state index in [2.05, 4.69) is 10.4 Å². The Hall–Kier alpha value is -1.74.